The minimum absolute atomic E-state index is 0.0117. The molecule has 0 aromatic rings. The lowest BCUT2D eigenvalue weighted by molar-refractivity contribution is -0.176. The standard InChI is InChI=1S/C26H49NO2.C13H26N2O6.C5H13N.C2H3I2NO.C2H6.CH2O2.CH4O.H2O2/c1-3-5-6-7-8-9-10-11-12-13-14-15-16-17-18-21-25(20-4-2)27-26(24-29)22-19-23-28;1-14-2-5-18-10-11-21-12-13(17)15-3-6-19-8-9-20-7-4-16;1-3-4-5-6-2;3-2(6)1-5-4;1-2;2-1-3;2*1-2/h20,23-24,26-27H,3-19,21-22H2,1-2H3;4,14H,2-3,5-12H2,1H3,(H,15,17);6H,3-5H2,1-2H3;5H,1H2;1-2H3;1H,(H,2,3);2H,1H3;1-2H/b25-20-;;;;;;;. The largest absolute Gasteiger partial charge is 0.483 e. The summed E-state index contributed by atoms with van der Waals surface area (Å²) in [6, 6.07) is -0.227. The summed E-state index contributed by atoms with van der Waals surface area (Å²) < 4.78 is 23.3. The monoisotopic (exact) mass is 1250 g/mol. The molecule has 0 saturated carbocycles. The minimum Gasteiger partial charge on any atom is -0.483 e. The van der Waals surface area contributed by atoms with Crippen LogP contribution >= 0.6 is 45.5 Å². The van der Waals surface area contributed by atoms with E-state index in [1.807, 2.05) is 50.8 Å². The van der Waals surface area contributed by atoms with Crippen LogP contribution < -0.4 is 24.8 Å². The van der Waals surface area contributed by atoms with E-state index in [-0.39, 0.29) is 35.4 Å². The zero-order chi connectivity index (χ0) is 55.5. The van der Waals surface area contributed by atoms with E-state index < -0.39 is 0 Å². The molecule has 0 aromatic heterocycles. The van der Waals surface area contributed by atoms with Crippen molar-refractivity contribution in [2.24, 2.45) is 0 Å². The van der Waals surface area contributed by atoms with Gasteiger partial charge in [-0.3, -0.25) is 28.4 Å². The van der Waals surface area contributed by atoms with Crippen LogP contribution in [0.4, 0.5) is 0 Å². The van der Waals surface area contributed by atoms with E-state index in [1.165, 1.54) is 115 Å². The summed E-state index contributed by atoms with van der Waals surface area (Å²) in [6.45, 7) is 15.9. The van der Waals surface area contributed by atoms with E-state index in [4.69, 9.17) is 44.5 Å². The Hall–Kier alpha value is -1.78. The fourth-order valence-corrected chi connectivity index (χ4v) is 6.72. The summed E-state index contributed by atoms with van der Waals surface area (Å²) >= 11 is 3.66. The van der Waals surface area contributed by atoms with Crippen LogP contribution in [0.15, 0.2) is 11.8 Å². The number of unbranched alkanes of at least 4 members (excludes halogenated alkanes) is 15. The number of allylic oxidation sites excluding steroid dienone is 2. The number of aliphatic hydroxyl groups is 1. The van der Waals surface area contributed by atoms with Crippen molar-refractivity contribution in [1.82, 2.24) is 24.8 Å². The molecule has 0 spiro atoms. The SMILES string of the molecule is CC.CC/C=C(/CCCCCCCCCCCCCCCCC)NC(C=O)CCC=O.CCCCNC.CNCCOCCOCC(=O)NCCOCCOCC=O.CO.O=C(I)CNI.O=CO.OO. The van der Waals surface area contributed by atoms with E-state index in [2.05, 4.69) is 51.6 Å². The molecule has 1 amide bonds. The second-order valence-electron chi connectivity index (χ2n) is 14.7. The Morgan fingerprint density at radius 1 is 0.620 bits per heavy atom. The summed E-state index contributed by atoms with van der Waals surface area (Å²) in [6.07, 6.45) is 30.9. The first-order valence-corrected chi connectivity index (χ1v) is 27.7. The van der Waals surface area contributed by atoms with E-state index >= 15 is 0 Å². The fraction of sp³-hybridized carbons (Fsp3) is 0.840. The highest BCUT2D eigenvalue weighted by atomic mass is 127. The minimum atomic E-state index is -0.250. The lowest BCUT2D eigenvalue weighted by atomic mass is 10.0. The van der Waals surface area contributed by atoms with Crippen molar-refractivity contribution in [3.8, 4) is 0 Å². The summed E-state index contributed by atoms with van der Waals surface area (Å²) in [7, 11) is 4.84. The molecule has 0 rings (SSSR count). The van der Waals surface area contributed by atoms with Crippen molar-refractivity contribution >= 4 is 80.5 Å². The molecule has 0 radical (unpaired) electrons. The maximum absolute atomic E-state index is 11.3. The maximum Gasteiger partial charge on any atom is 0.290 e. The number of amides is 1. The van der Waals surface area contributed by atoms with Gasteiger partial charge in [-0.2, -0.15) is 0 Å². The van der Waals surface area contributed by atoms with Crippen LogP contribution in [0.3, 0.4) is 0 Å². The van der Waals surface area contributed by atoms with Gasteiger partial charge >= 0.3 is 0 Å². The van der Waals surface area contributed by atoms with Gasteiger partial charge < -0.3 is 64.8 Å². The number of hydrogen-bond donors (Lipinski definition) is 9. The van der Waals surface area contributed by atoms with Crippen LogP contribution in [0.25, 0.3) is 0 Å². The Bertz CT molecular complexity index is 1030. The van der Waals surface area contributed by atoms with E-state index in [9.17, 15) is 24.0 Å². The number of likely N-dealkylation sites (N-methyl/N-ethyl adjacent to an activating group) is 1. The van der Waals surface area contributed by atoms with Crippen LogP contribution in [0.5, 0.6) is 0 Å². The van der Waals surface area contributed by atoms with Crippen LogP contribution in [0.2, 0.25) is 0 Å². The summed E-state index contributed by atoms with van der Waals surface area (Å²) in [5.74, 6) is -0.189. The number of nitrogens with one attached hydrogen (secondary N) is 5. The van der Waals surface area contributed by atoms with E-state index in [0.29, 0.717) is 71.9 Å². The number of hydrogen-bond acceptors (Lipinski definition) is 17. The zero-order valence-corrected chi connectivity index (χ0v) is 49.7. The van der Waals surface area contributed by atoms with Crippen molar-refractivity contribution in [1.29, 1.82) is 0 Å². The molecule has 0 fully saturated rings. The number of aldehydes is 3. The van der Waals surface area contributed by atoms with Crippen LogP contribution in [-0.2, 0) is 47.7 Å². The fourth-order valence-electron chi connectivity index (χ4n) is 5.46. The third kappa shape index (κ3) is 106. The molecule has 1 unspecified atom stereocenters. The quantitative estimate of drug-likeness (QED) is 0.00526. The molecule has 1 atom stereocenters. The van der Waals surface area contributed by atoms with Crippen molar-refractivity contribution in [3.05, 3.63) is 11.8 Å². The third-order valence-corrected chi connectivity index (χ3v) is 9.61. The molecule has 0 aliphatic carbocycles. The van der Waals surface area contributed by atoms with Crippen molar-refractivity contribution in [2.45, 2.75) is 175 Å². The highest BCUT2D eigenvalue weighted by molar-refractivity contribution is 14.1. The van der Waals surface area contributed by atoms with Gasteiger partial charge in [0.15, 0.2) is 0 Å². The first-order chi connectivity index (χ1) is 34.7. The maximum atomic E-state index is 11.3. The smallest absolute Gasteiger partial charge is 0.290 e. The Labute approximate surface area is 458 Å². The highest BCUT2D eigenvalue weighted by Gasteiger charge is 2.08. The molecule has 0 aliphatic heterocycles. The number of carbonyl (C=O) groups is 6. The number of carboxylic acid groups (broad SMARTS) is 1. The van der Waals surface area contributed by atoms with E-state index in [0.717, 1.165) is 45.6 Å². The van der Waals surface area contributed by atoms with Gasteiger partial charge in [0.2, 0.25) is 9.70 Å². The third-order valence-electron chi connectivity index (χ3n) is 8.84. The second kappa shape index (κ2) is 94.1. The Morgan fingerprint density at radius 3 is 1.45 bits per heavy atom. The molecule has 0 aromatic carbocycles. The molecule has 0 bridgehead atoms. The predicted molar refractivity (Wildman–Crippen MR) is 306 cm³/mol. The van der Waals surface area contributed by atoms with Crippen molar-refractivity contribution in [2.75, 3.05) is 100 Å². The Morgan fingerprint density at radius 2 is 1.07 bits per heavy atom. The Kier molecular flexibility index (Phi) is 114. The topological polar surface area (TPSA) is 280 Å². The van der Waals surface area contributed by atoms with Gasteiger partial charge in [-0.15, -0.1) is 0 Å². The summed E-state index contributed by atoms with van der Waals surface area (Å²) in [4.78, 5) is 61.3. The van der Waals surface area contributed by atoms with Gasteiger partial charge in [-0.05, 0) is 52.7 Å². The average Bonchev–Trinajstić information content (AvgIpc) is 3.38. The molecule has 71 heavy (non-hydrogen) atoms. The van der Waals surface area contributed by atoms with Gasteiger partial charge in [0, 0.05) is 77.8 Å². The summed E-state index contributed by atoms with van der Waals surface area (Å²) in [5, 5.41) is 37.9. The van der Waals surface area contributed by atoms with Crippen molar-refractivity contribution < 1.29 is 68.4 Å². The molecule has 9 N–H and O–H groups in total. The molecular weight excluding hydrogens is 1150 g/mol. The van der Waals surface area contributed by atoms with Crippen molar-refractivity contribution in [3.63, 3.8) is 0 Å². The predicted octanol–water partition coefficient (Wildman–Crippen LogP) is 8.51. The number of halogens is 2. The van der Waals surface area contributed by atoms with Crippen LogP contribution in [0.1, 0.15) is 169 Å². The van der Waals surface area contributed by atoms with Crippen LogP contribution in [0, 0.1) is 0 Å². The Balaban J connectivity index is -0.000000136. The molecule has 0 aliphatic rings. The molecular formula is C50H105I2N5O14. The lowest BCUT2D eigenvalue weighted by Gasteiger charge is -2.16. The molecule has 19 nitrogen and oxygen atoms in total. The molecule has 428 valence electrons. The van der Waals surface area contributed by atoms with Gasteiger partial charge in [0.05, 0.1) is 52.2 Å². The average molecular weight is 1250 g/mol. The normalized spacial score (nSPS) is 10.2. The number of carbonyl (C=O) groups excluding carboxylic acids is 5. The lowest BCUT2D eigenvalue weighted by Crippen LogP contribution is -2.31. The first kappa shape index (κ1) is 86.0. The van der Waals surface area contributed by atoms with E-state index in [1.54, 1.807) is 22.6 Å². The molecule has 21 heteroatoms. The molecule has 0 saturated heterocycles. The summed E-state index contributed by atoms with van der Waals surface area (Å²) in [5.41, 5.74) is 1.17. The second-order valence-corrected chi connectivity index (χ2v) is 16.6. The highest BCUT2D eigenvalue weighted by Crippen LogP contribution is 2.15. The first-order valence-electron chi connectivity index (χ1n) is 25.6. The van der Waals surface area contributed by atoms with Crippen LogP contribution in [-0.4, -0.2) is 162 Å². The van der Waals surface area contributed by atoms with Gasteiger partial charge in [0.1, 0.15) is 32.1 Å². The van der Waals surface area contributed by atoms with Gasteiger partial charge in [-0.1, -0.05) is 137 Å². The van der Waals surface area contributed by atoms with Gasteiger partial charge in [0.25, 0.3) is 6.47 Å². The number of ether oxygens (including phenoxy) is 4. The number of aliphatic hydroxyl groups excluding tert-OH is 1. The molecule has 0 heterocycles. The zero-order valence-electron chi connectivity index (χ0n) is 45.4. The number of rotatable bonds is 44. The van der Waals surface area contributed by atoms with Gasteiger partial charge in [-0.25, -0.2) is 0 Å².